The fourth-order valence-corrected chi connectivity index (χ4v) is 6.87. The Morgan fingerprint density at radius 3 is 2.54 bits per heavy atom. The van der Waals surface area contributed by atoms with Crippen molar-refractivity contribution in [3.8, 4) is 0 Å². The van der Waals surface area contributed by atoms with E-state index in [1.165, 1.54) is 6.20 Å². The normalized spacial score (nSPS) is 24.8. The lowest BCUT2D eigenvalue weighted by molar-refractivity contribution is -0.0541. The Morgan fingerprint density at radius 2 is 1.86 bits per heavy atom. The minimum atomic E-state index is -4.84. The predicted molar refractivity (Wildman–Crippen MR) is 132 cm³/mol. The third kappa shape index (κ3) is 6.49. The average Bonchev–Trinajstić information content (AvgIpc) is 3.32. The molecule has 0 aliphatic carbocycles. The van der Waals surface area contributed by atoms with Crippen molar-refractivity contribution in [1.29, 1.82) is 0 Å². The quantitative estimate of drug-likeness (QED) is 0.154. The van der Waals surface area contributed by atoms with E-state index in [2.05, 4.69) is 20.4 Å². The lowest BCUT2D eigenvalue weighted by Gasteiger charge is -2.18. The molecule has 1 aliphatic rings. The third-order valence-corrected chi connectivity index (χ3v) is 9.50. The number of aromatic nitrogens is 4. The average molecular weight is 598 g/mol. The second-order valence-electron chi connectivity index (χ2n) is 8.34. The first-order valence-corrected chi connectivity index (χ1v) is 15.0. The van der Waals surface area contributed by atoms with Gasteiger partial charge in [-0.1, -0.05) is 29.8 Å². The van der Waals surface area contributed by atoms with Crippen molar-refractivity contribution in [3.05, 3.63) is 46.3 Å². The molecule has 37 heavy (non-hydrogen) atoms. The summed E-state index contributed by atoms with van der Waals surface area (Å²) in [6.45, 7) is 1.13. The molecule has 3 heterocycles. The molecule has 0 spiro atoms. The predicted octanol–water partition coefficient (Wildman–Crippen LogP) is 2.26. The molecule has 6 atom stereocenters. The zero-order chi connectivity index (χ0) is 27.1. The molecule has 6 N–H and O–H groups in total. The molecule has 1 aromatic carbocycles. The van der Waals surface area contributed by atoms with Crippen LogP contribution in [0.15, 0.2) is 30.5 Å². The second-order valence-corrected chi connectivity index (χ2v) is 13.1. The smallest absolute Gasteiger partial charge is 0.340 e. The highest BCUT2D eigenvalue weighted by Crippen LogP contribution is 2.55. The number of ether oxygens (including phenoxy) is 1. The highest BCUT2D eigenvalue weighted by Gasteiger charge is 2.46. The van der Waals surface area contributed by atoms with Gasteiger partial charge in [-0.25, -0.2) is 4.68 Å². The van der Waals surface area contributed by atoms with Gasteiger partial charge in [-0.3, -0.25) is 9.13 Å². The summed E-state index contributed by atoms with van der Waals surface area (Å²) in [5.41, 5.74) is 0.959. The summed E-state index contributed by atoms with van der Waals surface area (Å²) in [5, 5.41) is 29.2. The van der Waals surface area contributed by atoms with Crippen LogP contribution in [0.5, 0.6) is 0 Å². The summed E-state index contributed by atoms with van der Waals surface area (Å²) < 4.78 is 34.5. The van der Waals surface area contributed by atoms with Gasteiger partial charge in [0.2, 0.25) is 5.28 Å². The van der Waals surface area contributed by atoms with E-state index in [-0.39, 0.29) is 17.0 Å². The number of hydrogen-bond acceptors (Lipinski definition) is 10. The summed E-state index contributed by atoms with van der Waals surface area (Å²) in [4.78, 5) is 35.9. The van der Waals surface area contributed by atoms with Crippen molar-refractivity contribution < 1.29 is 43.3 Å². The molecule has 2 unspecified atom stereocenters. The van der Waals surface area contributed by atoms with Crippen LogP contribution in [0.3, 0.4) is 0 Å². The van der Waals surface area contributed by atoms with Gasteiger partial charge >= 0.3 is 15.2 Å². The van der Waals surface area contributed by atoms with E-state index < -0.39 is 52.2 Å². The maximum atomic E-state index is 11.9. The summed E-state index contributed by atoms with van der Waals surface area (Å²) in [7, 11) is -9.54. The fourth-order valence-electron chi connectivity index (χ4n) is 3.84. The molecule has 1 saturated heterocycles. The summed E-state index contributed by atoms with van der Waals surface area (Å²) in [6.07, 6.45) is -4.38. The van der Waals surface area contributed by atoms with Crippen LogP contribution in [0.2, 0.25) is 10.3 Å². The van der Waals surface area contributed by atoms with Gasteiger partial charge in [0.15, 0.2) is 17.8 Å². The van der Waals surface area contributed by atoms with Crippen molar-refractivity contribution in [2.45, 2.75) is 37.5 Å². The van der Waals surface area contributed by atoms with Gasteiger partial charge in [-0.15, -0.1) is 0 Å². The number of fused-ring (bicyclic) bond motifs is 1. The Kier molecular flexibility index (Phi) is 8.30. The van der Waals surface area contributed by atoms with Crippen molar-refractivity contribution in [2.75, 3.05) is 17.8 Å². The molecule has 0 bridgehead atoms. The van der Waals surface area contributed by atoms with Gasteiger partial charge in [-0.05, 0) is 30.2 Å². The van der Waals surface area contributed by atoms with Gasteiger partial charge in [0.25, 0.3) is 0 Å². The van der Waals surface area contributed by atoms with Crippen molar-refractivity contribution in [2.24, 2.45) is 0 Å². The highest BCUT2D eigenvalue weighted by atomic mass is 35.5. The van der Waals surface area contributed by atoms with Crippen LogP contribution in [0.1, 0.15) is 24.8 Å². The number of hydrogen-bond donors (Lipinski definition) is 6. The van der Waals surface area contributed by atoms with Crippen LogP contribution in [0.25, 0.3) is 11.0 Å². The number of aliphatic hydroxyl groups is 2. The molecule has 1 aliphatic heterocycles. The lowest BCUT2D eigenvalue weighted by atomic mass is 10.1. The number of halogens is 2. The van der Waals surface area contributed by atoms with Gasteiger partial charge in [0.1, 0.15) is 24.1 Å². The molecular weight excluding hydrogens is 575 g/mol. The van der Waals surface area contributed by atoms with Gasteiger partial charge < -0.3 is 39.5 Å². The van der Waals surface area contributed by atoms with Crippen molar-refractivity contribution >= 4 is 55.2 Å². The Balaban J connectivity index is 1.56. The first kappa shape index (κ1) is 28.3. The fraction of sp³-hybridized carbons (Fsp3) is 0.421. The second kappa shape index (κ2) is 10.8. The Labute approximate surface area is 219 Å². The summed E-state index contributed by atoms with van der Waals surface area (Å²) in [6, 6.07) is 6.96. The molecule has 2 aromatic heterocycles. The molecular formula is C19H23Cl2N5O9P2. The maximum Gasteiger partial charge on any atom is 0.340 e. The standard InChI is InChI=1S/C19H23Cl2N5O9P2/c1-9(10-4-2-3-5-12(10)20)23-16-11-6-22-26(17(11)25-19(21)24-16)18-15(28)14(27)13(35-18)7-34-37(32,33)8-36(29,30)31/h2-6,9,13-15,18,27-28H,7-8H2,1H3,(H,32,33)(H,23,24,25)(H2,29,30,31)/t9?,13-,14-,15-,18-/m1/s1. The van der Waals surface area contributed by atoms with E-state index in [0.29, 0.717) is 16.2 Å². The highest BCUT2D eigenvalue weighted by molar-refractivity contribution is 7.70. The number of rotatable bonds is 9. The van der Waals surface area contributed by atoms with Crippen LogP contribution in [-0.2, 0) is 18.4 Å². The third-order valence-electron chi connectivity index (χ3n) is 5.53. The van der Waals surface area contributed by atoms with E-state index in [9.17, 15) is 24.2 Å². The van der Waals surface area contributed by atoms with Gasteiger partial charge in [0, 0.05) is 5.02 Å². The molecule has 4 rings (SSSR count). The minimum absolute atomic E-state index is 0.144. The Hall–Kier alpha value is -1.67. The number of nitrogens with one attached hydrogen (secondary N) is 1. The summed E-state index contributed by atoms with van der Waals surface area (Å²) >= 11 is 12.4. The van der Waals surface area contributed by atoms with Crippen molar-refractivity contribution in [3.63, 3.8) is 0 Å². The lowest BCUT2D eigenvalue weighted by Crippen LogP contribution is -2.33. The molecule has 0 radical (unpaired) electrons. The SMILES string of the molecule is CC(Nc1nc(Cl)nc2c1cnn2[C@@H]1O[C@H](COP(=O)(O)CP(=O)(O)O)[C@@H](O)[C@H]1O)c1ccccc1Cl. The van der Waals surface area contributed by atoms with E-state index in [4.69, 9.17) is 42.2 Å². The summed E-state index contributed by atoms with van der Waals surface area (Å²) in [5.74, 6) is -1.09. The zero-order valence-corrected chi connectivity index (χ0v) is 22.3. The maximum absolute atomic E-state index is 11.9. The Bertz CT molecular complexity index is 1390. The molecule has 3 aromatic rings. The zero-order valence-electron chi connectivity index (χ0n) is 19.0. The first-order valence-electron chi connectivity index (χ1n) is 10.7. The van der Waals surface area contributed by atoms with Gasteiger partial charge in [-0.2, -0.15) is 15.1 Å². The van der Waals surface area contributed by atoms with E-state index in [1.807, 2.05) is 19.1 Å². The van der Waals surface area contributed by atoms with E-state index in [1.54, 1.807) is 12.1 Å². The monoisotopic (exact) mass is 597 g/mol. The molecule has 14 nitrogen and oxygen atoms in total. The number of aliphatic hydroxyl groups excluding tert-OH is 2. The molecule has 18 heteroatoms. The van der Waals surface area contributed by atoms with Crippen LogP contribution in [-0.4, -0.2) is 75.5 Å². The number of benzene rings is 1. The van der Waals surface area contributed by atoms with Crippen LogP contribution in [0.4, 0.5) is 5.82 Å². The number of nitrogens with zero attached hydrogens (tertiary/aromatic N) is 4. The largest absolute Gasteiger partial charge is 0.387 e. The van der Waals surface area contributed by atoms with Crippen LogP contribution >= 0.6 is 38.4 Å². The minimum Gasteiger partial charge on any atom is -0.387 e. The first-order chi connectivity index (χ1) is 17.3. The van der Waals surface area contributed by atoms with E-state index in [0.717, 1.165) is 10.2 Å². The molecule has 0 saturated carbocycles. The molecule has 1 fully saturated rings. The van der Waals surface area contributed by atoms with Crippen LogP contribution in [0, 0.1) is 0 Å². The van der Waals surface area contributed by atoms with E-state index >= 15 is 0 Å². The topological polar surface area (TPSA) is 209 Å². The number of anilines is 1. The van der Waals surface area contributed by atoms with Crippen LogP contribution < -0.4 is 5.32 Å². The van der Waals surface area contributed by atoms with Crippen molar-refractivity contribution in [1.82, 2.24) is 19.7 Å². The Morgan fingerprint density at radius 1 is 1.16 bits per heavy atom. The molecule has 202 valence electrons. The van der Waals surface area contributed by atoms with Gasteiger partial charge in [0.05, 0.1) is 24.2 Å². The molecule has 0 amide bonds.